The van der Waals surface area contributed by atoms with Gasteiger partial charge in [-0.3, -0.25) is 0 Å². The summed E-state index contributed by atoms with van der Waals surface area (Å²) in [5.74, 6) is 0. The fourth-order valence-corrected chi connectivity index (χ4v) is 2.64. The molecular formula is C14H12N2O2S. The third kappa shape index (κ3) is 2.24. The lowest BCUT2D eigenvalue weighted by Crippen LogP contribution is -1.96. The summed E-state index contributed by atoms with van der Waals surface area (Å²) in [7, 11) is -3.14. The minimum Gasteiger partial charge on any atom is -0.345 e. The number of aromatic amines is 1. The quantitative estimate of drug-likeness (QED) is 0.780. The molecule has 0 atom stereocenters. The molecule has 5 heteroatoms. The van der Waals surface area contributed by atoms with E-state index in [4.69, 9.17) is 0 Å². The first kappa shape index (κ1) is 11.9. The first-order valence-corrected chi connectivity index (χ1v) is 7.67. The highest BCUT2D eigenvalue weighted by Gasteiger charge is 2.07. The molecule has 1 N–H and O–H groups in total. The van der Waals surface area contributed by atoms with Crippen LogP contribution >= 0.6 is 0 Å². The summed E-state index contributed by atoms with van der Waals surface area (Å²) in [5, 5.41) is 0. The zero-order valence-corrected chi connectivity index (χ0v) is 11.1. The Labute approximate surface area is 111 Å². The molecule has 2 aromatic carbocycles. The van der Waals surface area contributed by atoms with Gasteiger partial charge < -0.3 is 4.98 Å². The summed E-state index contributed by atoms with van der Waals surface area (Å²) in [6.07, 6.45) is 2.86. The lowest BCUT2D eigenvalue weighted by atomic mass is 10.1. The Hall–Kier alpha value is -2.14. The highest BCUT2D eigenvalue weighted by molar-refractivity contribution is 7.90. The maximum absolute atomic E-state index is 11.4. The van der Waals surface area contributed by atoms with Crippen LogP contribution in [-0.4, -0.2) is 24.6 Å². The van der Waals surface area contributed by atoms with Gasteiger partial charge in [0.2, 0.25) is 0 Å². The molecule has 3 aromatic rings. The molecule has 0 amide bonds. The molecule has 0 radical (unpaired) electrons. The topological polar surface area (TPSA) is 62.8 Å². The van der Waals surface area contributed by atoms with Crippen LogP contribution < -0.4 is 0 Å². The highest BCUT2D eigenvalue weighted by Crippen LogP contribution is 2.24. The van der Waals surface area contributed by atoms with Gasteiger partial charge in [-0.1, -0.05) is 18.2 Å². The summed E-state index contributed by atoms with van der Waals surface area (Å²) >= 11 is 0. The lowest BCUT2D eigenvalue weighted by Gasteiger charge is -2.03. The fraction of sp³-hybridized carbons (Fsp3) is 0.0714. The number of benzene rings is 2. The molecular weight excluding hydrogens is 260 g/mol. The monoisotopic (exact) mass is 272 g/mol. The lowest BCUT2D eigenvalue weighted by molar-refractivity contribution is 0.602. The van der Waals surface area contributed by atoms with Gasteiger partial charge >= 0.3 is 0 Å². The number of hydrogen-bond donors (Lipinski definition) is 1. The van der Waals surface area contributed by atoms with Crippen molar-refractivity contribution in [2.45, 2.75) is 4.90 Å². The molecule has 0 spiro atoms. The Morgan fingerprint density at radius 3 is 2.37 bits per heavy atom. The summed E-state index contributed by atoms with van der Waals surface area (Å²) in [4.78, 5) is 7.56. The van der Waals surface area contributed by atoms with Gasteiger partial charge in [0.15, 0.2) is 9.84 Å². The summed E-state index contributed by atoms with van der Waals surface area (Å²) in [5.41, 5.74) is 3.88. The van der Waals surface area contributed by atoms with E-state index in [2.05, 4.69) is 9.97 Å². The second kappa shape index (κ2) is 4.20. The third-order valence-electron chi connectivity index (χ3n) is 3.04. The van der Waals surface area contributed by atoms with E-state index in [1.165, 1.54) is 6.26 Å². The summed E-state index contributed by atoms with van der Waals surface area (Å²) < 4.78 is 22.8. The van der Waals surface area contributed by atoms with Crippen LogP contribution in [0.2, 0.25) is 0 Å². The van der Waals surface area contributed by atoms with Crippen molar-refractivity contribution in [2.75, 3.05) is 6.26 Å². The zero-order chi connectivity index (χ0) is 13.5. The van der Waals surface area contributed by atoms with Gasteiger partial charge in [-0.15, -0.1) is 0 Å². The molecule has 19 heavy (non-hydrogen) atoms. The molecule has 0 unspecified atom stereocenters. The maximum Gasteiger partial charge on any atom is 0.175 e. The van der Waals surface area contributed by atoms with Gasteiger partial charge in [0, 0.05) is 6.26 Å². The van der Waals surface area contributed by atoms with Crippen LogP contribution in [0.5, 0.6) is 0 Å². The van der Waals surface area contributed by atoms with E-state index in [1.807, 2.05) is 30.3 Å². The molecule has 0 aliphatic carbocycles. The van der Waals surface area contributed by atoms with E-state index in [-0.39, 0.29) is 0 Å². The minimum absolute atomic E-state index is 0.332. The van der Waals surface area contributed by atoms with Crippen LogP contribution in [0.1, 0.15) is 0 Å². The molecule has 0 bridgehead atoms. The highest BCUT2D eigenvalue weighted by atomic mass is 32.2. The van der Waals surface area contributed by atoms with E-state index in [0.29, 0.717) is 4.90 Å². The van der Waals surface area contributed by atoms with E-state index in [0.717, 1.165) is 22.2 Å². The number of H-pyrrole nitrogens is 1. The van der Waals surface area contributed by atoms with Gasteiger partial charge in [-0.05, 0) is 35.4 Å². The van der Waals surface area contributed by atoms with Gasteiger partial charge in [0.05, 0.1) is 22.3 Å². The van der Waals surface area contributed by atoms with E-state index < -0.39 is 9.84 Å². The first-order valence-electron chi connectivity index (χ1n) is 5.78. The molecule has 96 valence electrons. The predicted molar refractivity (Wildman–Crippen MR) is 74.6 cm³/mol. The van der Waals surface area contributed by atoms with Crippen molar-refractivity contribution < 1.29 is 8.42 Å². The number of fused-ring (bicyclic) bond motifs is 1. The normalized spacial score (nSPS) is 11.8. The average Bonchev–Trinajstić information content (AvgIpc) is 2.85. The number of nitrogens with zero attached hydrogens (tertiary/aromatic N) is 1. The third-order valence-corrected chi connectivity index (χ3v) is 4.16. The van der Waals surface area contributed by atoms with Crippen LogP contribution in [0.3, 0.4) is 0 Å². The minimum atomic E-state index is -3.14. The molecule has 1 aromatic heterocycles. The molecule has 0 saturated carbocycles. The molecule has 4 nitrogen and oxygen atoms in total. The Morgan fingerprint density at radius 2 is 1.68 bits per heavy atom. The zero-order valence-electron chi connectivity index (χ0n) is 10.3. The van der Waals surface area contributed by atoms with Gasteiger partial charge in [0.25, 0.3) is 0 Å². The van der Waals surface area contributed by atoms with E-state index >= 15 is 0 Å². The molecule has 0 aliphatic heterocycles. The van der Waals surface area contributed by atoms with Crippen LogP contribution in [0, 0.1) is 0 Å². The van der Waals surface area contributed by atoms with Crippen molar-refractivity contribution in [3.63, 3.8) is 0 Å². The van der Waals surface area contributed by atoms with E-state index in [9.17, 15) is 8.42 Å². The Kier molecular flexibility index (Phi) is 2.64. The van der Waals surface area contributed by atoms with Crippen molar-refractivity contribution >= 4 is 20.9 Å². The molecule has 0 saturated heterocycles. The smallest absolute Gasteiger partial charge is 0.175 e. The number of rotatable bonds is 2. The molecule has 0 fully saturated rings. The Bertz CT molecular complexity index is 833. The van der Waals surface area contributed by atoms with Gasteiger partial charge in [0.1, 0.15) is 0 Å². The van der Waals surface area contributed by atoms with Crippen molar-refractivity contribution in [1.29, 1.82) is 0 Å². The summed E-state index contributed by atoms with van der Waals surface area (Å²) in [6, 6.07) is 12.8. The number of sulfone groups is 1. The maximum atomic E-state index is 11.4. The van der Waals surface area contributed by atoms with Crippen LogP contribution in [0.4, 0.5) is 0 Å². The second-order valence-electron chi connectivity index (χ2n) is 4.43. The molecule has 0 aliphatic rings. The average molecular weight is 272 g/mol. The number of aromatic nitrogens is 2. The number of nitrogens with one attached hydrogen (secondary N) is 1. The van der Waals surface area contributed by atoms with Crippen molar-refractivity contribution in [2.24, 2.45) is 0 Å². The first-order chi connectivity index (χ1) is 9.04. The fourth-order valence-electron chi connectivity index (χ4n) is 2.01. The molecule has 1 heterocycles. The number of imidazole rings is 1. The second-order valence-corrected chi connectivity index (χ2v) is 6.45. The number of hydrogen-bond acceptors (Lipinski definition) is 3. The van der Waals surface area contributed by atoms with E-state index in [1.54, 1.807) is 18.5 Å². The van der Waals surface area contributed by atoms with Gasteiger partial charge in [-0.2, -0.15) is 0 Å². The Balaban J connectivity index is 2.06. The predicted octanol–water partition coefficient (Wildman–Crippen LogP) is 2.63. The Morgan fingerprint density at radius 1 is 1.00 bits per heavy atom. The summed E-state index contributed by atoms with van der Waals surface area (Å²) in [6.45, 7) is 0. The van der Waals surface area contributed by atoms with Crippen LogP contribution in [0.15, 0.2) is 53.7 Å². The van der Waals surface area contributed by atoms with Crippen molar-refractivity contribution in [1.82, 2.24) is 9.97 Å². The van der Waals surface area contributed by atoms with Crippen LogP contribution in [0.25, 0.3) is 22.2 Å². The SMILES string of the molecule is CS(=O)(=O)c1ccc(-c2ccc3nc[nH]c3c2)cc1. The standard InChI is InChI=1S/C14H12N2O2S/c1-19(17,18)12-5-2-10(3-6-12)11-4-7-13-14(8-11)16-9-15-13/h2-9H,1H3,(H,15,16). The van der Waals surface area contributed by atoms with Gasteiger partial charge in [-0.25, -0.2) is 13.4 Å². The largest absolute Gasteiger partial charge is 0.345 e. The molecule has 3 rings (SSSR count). The van der Waals surface area contributed by atoms with Crippen LogP contribution in [-0.2, 0) is 9.84 Å². The van der Waals surface area contributed by atoms with Crippen molar-refractivity contribution in [3.05, 3.63) is 48.8 Å². The van der Waals surface area contributed by atoms with Crippen molar-refractivity contribution in [3.8, 4) is 11.1 Å².